The van der Waals surface area contributed by atoms with Crippen molar-refractivity contribution in [3.8, 4) is 6.26 Å². The van der Waals surface area contributed by atoms with Crippen molar-refractivity contribution >= 4 is 42.3 Å². The van der Waals surface area contributed by atoms with Crippen molar-refractivity contribution in [1.82, 2.24) is 20.4 Å². The van der Waals surface area contributed by atoms with Crippen LogP contribution >= 0.6 is 0 Å². The average Bonchev–Trinajstić information content (AvgIpc) is 3.13. The van der Waals surface area contributed by atoms with Crippen LogP contribution in [-0.2, 0) is 38.1 Å². The normalized spacial score (nSPS) is 9.86. The molecular formula is C33H50N6O12. The standard InChI is InChI=1S/C33H50N6O12/c1-3-28(41)48-22-24-50-32(45)38(19-13-7-8-15-21-47-26-34)31(44)37-18-12-9-14-20-39(33(46)51-25-23-49-29(42)4-2)30(43)36-17-11-6-5-10-16-35-27-40/h3-4H,1-2,5-25H2,(H,36,43)(H,37,44). The number of ether oxygens (including phenoxy) is 5. The first-order valence-electron chi connectivity index (χ1n) is 16.8. The summed E-state index contributed by atoms with van der Waals surface area (Å²) >= 11 is 0. The van der Waals surface area contributed by atoms with E-state index in [0.717, 1.165) is 41.2 Å². The van der Waals surface area contributed by atoms with Gasteiger partial charge in [0.2, 0.25) is 6.08 Å². The first-order chi connectivity index (χ1) is 24.7. The quantitative estimate of drug-likeness (QED) is 0.0222. The van der Waals surface area contributed by atoms with Crippen LogP contribution in [-0.4, -0.2) is 118 Å². The maximum Gasteiger partial charge on any atom is 0.418 e. The molecule has 0 radical (unpaired) electrons. The zero-order chi connectivity index (χ0) is 38.0. The molecule has 0 saturated heterocycles. The Balaban J connectivity index is 4.93. The third-order valence-electron chi connectivity index (χ3n) is 6.69. The zero-order valence-electron chi connectivity index (χ0n) is 29.1. The number of unbranched alkanes of at least 4 members (excludes halogenated alkanes) is 8. The van der Waals surface area contributed by atoms with E-state index in [1.54, 1.807) is 6.26 Å². The third kappa shape index (κ3) is 25.2. The predicted octanol–water partition coefficient (Wildman–Crippen LogP) is 3.87. The molecule has 0 aliphatic carbocycles. The maximum absolute atomic E-state index is 12.9. The van der Waals surface area contributed by atoms with Gasteiger partial charge in [0.15, 0.2) is 0 Å². The van der Waals surface area contributed by atoms with Gasteiger partial charge in [-0.15, -0.1) is 0 Å². The number of esters is 2. The number of nitrogens with one attached hydrogen (secondary N) is 2. The van der Waals surface area contributed by atoms with Crippen LogP contribution in [0.15, 0.2) is 30.3 Å². The summed E-state index contributed by atoms with van der Waals surface area (Å²) in [5.74, 6) is -1.37. The molecule has 18 heteroatoms. The molecule has 18 nitrogen and oxygen atoms in total. The van der Waals surface area contributed by atoms with E-state index in [2.05, 4.69) is 33.5 Å². The van der Waals surface area contributed by atoms with E-state index >= 15 is 0 Å². The van der Waals surface area contributed by atoms with Gasteiger partial charge in [-0.1, -0.05) is 32.4 Å². The summed E-state index contributed by atoms with van der Waals surface area (Å²) in [5, 5.41) is 13.8. The average molecular weight is 723 g/mol. The van der Waals surface area contributed by atoms with Crippen LogP contribution in [0.5, 0.6) is 0 Å². The number of hydrogen-bond donors (Lipinski definition) is 2. The number of isocyanates is 1. The van der Waals surface area contributed by atoms with Gasteiger partial charge in [-0.3, -0.25) is 0 Å². The number of carbonyl (C=O) groups excluding carboxylic acids is 7. The van der Waals surface area contributed by atoms with Crippen molar-refractivity contribution < 1.29 is 57.2 Å². The second-order valence-electron chi connectivity index (χ2n) is 10.5. The number of amides is 6. The Hall–Kier alpha value is -5.43. The van der Waals surface area contributed by atoms with Gasteiger partial charge in [-0.05, 0) is 51.4 Å². The molecule has 0 atom stereocenters. The molecule has 0 aliphatic heterocycles. The summed E-state index contributed by atoms with van der Waals surface area (Å²) in [6.45, 7) is 6.80. The molecule has 6 amide bonds. The van der Waals surface area contributed by atoms with Crippen LogP contribution in [0.25, 0.3) is 0 Å². The zero-order valence-corrected chi connectivity index (χ0v) is 29.1. The van der Waals surface area contributed by atoms with Crippen LogP contribution in [0.2, 0.25) is 0 Å². The molecule has 0 rings (SSSR count). The molecular weight excluding hydrogens is 672 g/mol. The Labute approximate surface area is 298 Å². The highest BCUT2D eigenvalue weighted by molar-refractivity contribution is 5.91. The Morgan fingerprint density at radius 2 is 1.04 bits per heavy atom. The number of nitrogens with zero attached hydrogens (tertiary/aromatic N) is 4. The molecule has 284 valence electrons. The Kier molecular flexibility index (Phi) is 28.4. The van der Waals surface area contributed by atoms with Crippen molar-refractivity contribution in [3.63, 3.8) is 0 Å². The number of aliphatic imine (C=N–C) groups is 1. The lowest BCUT2D eigenvalue weighted by Gasteiger charge is -2.22. The lowest BCUT2D eigenvalue weighted by atomic mass is 10.2. The van der Waals surface area contributed by atoms with E-state index < -0.39 is 36.2 Å². The van der Waals surface area contributed by atoms with Gasteiger partial charge in [0.25, 0.3) is 6.26 Å². The molecule has 0 aromatic rings. The largest absolute Gasteiger partial charge is 0.459 e. The van der Waals surface area contributed by atoms with Gasteiger partial charge in [0, 0.05) is 38.3 Å². The summed E-state index contributed by atoms with van der Waals surface area (Å²) in [7, 11) is 0. The fourth-order valence-corrected chi connectivity index (χ4v) is 4.08. The summed E-state index contributed by atoms with van der Waals surface area (Å²) in [4.78, 5) is 88.8. The first kappa shape index (κ1) is 45.6. The highest BCUT2D eigenvalue weighted by atomic mass is 16.6. The molecule has 2 N–H and O–H groups in total. The minimum Gasteiger partial charge on any atom is -0.459 e. The van der Waals surface area contributed by atoms with Crippen molar-refractivity contribution in [1.29, 1.82) is 5.26 Å². The first-order valence-corrected chi connectivity index (χ1v) is 16.8. The topological polar surface area (TPSA) is 232 Å². The van der Waals surface area contributed by atoms with Crippen LogP contribution < -0.4 is 10.6 Å². The lowest BCUT2D eigenvalue weighted by molar-refractivity contribution is -0.139. The van der Waals surface area contributed by atoms with Crippen LogP contribution in [0.1, 0.15) is 70.6 Å². The lowest BCUT2D eigenvalue weighted by Crippen LogP contribution is -2.45. The van der Waals surface area contributed by atoms with Gasteiger partial charge >= 0.3 is 36.2 Å². The van der Waals surface area contributed by atoms with E-state index in [9.17, 15) is 33.6 Å². The number of carbonyl (C=O) groups is 6. The molecule has 0 saturated carbocycles. The van der Waals surface area contributed by atoms with Crippen molar-refractivity contribution in [3.05, 3.63) is 25.3 Å². The molecule has 51 heavy (non-hydrogen) atoms. The van der Waals surface area contributed by atoms with Gasteiger partial charge in [-0.25, -0.2) is 48.4 Å². The van der Waals surface area contributed by atoms with Crippen LogP contribution in [0.4, 0.5) is 19.2 Å². The summed E-state index contributed by atoms with van der Waals surface area (Å²) in [6, 6.07) is -1.35. The number of urea groups is 2. The van der Waals surface area contributed by atoms with Crippen LogP contribution in [0, 0.1) is 11.5 Å². The van der Waals surface area contributed by atoms with E-state index in [-0.39, 0.29) is 52.7 Å². The third-order valence-corrected chi connectivity index (χ3v) is 6.69. The second kappa shape index (κ2) is 31.8. The molecule has 0 aromatic carbocycles. The predicted molar refractivity (Wildman–Crippen MR) is 181 cm³/mol. The summed E-state index contributed by atoms with van der Waals surface area (Å²) in [5.41, 5.74) is 0. The molecule has 0 unspecified atom stereocenters. The fourth-order valence-electron chi connectivity index (χ4n) is 4.08. The van der Waals surface area contributed by atoms with E-state index in [4.69, 9.17) is 24.2 Å². The SMILES string of the molecule is C=CC(=O)OCCOC(=O)N(CCCCCCOC#N)C(=O)NCCCCCN(C(=O)NCCCCCCN=C=O)C(=O)OCCOC(=O)C=C. The smallest absolute Gasteiger partial charge is 0.418 e. The Bertz CT molecular complexity index is 1190. The monoisotopic (exact) mass is 722 g/mol. The molecule has 0 aromatic heterocycles. The number of hydrogen-bond acceptors (Lipinski definition) is 14. The van der Waals surface area contributed by atoms with Crippen molar-refractivity contribution in [2.45, 2.75) is 70.6 Å². The Morgan fingerprint density at radius 1 is 0.608 bits per heavy atom. The molecule has 0 bridgehead atoms. The van der Waals surface area contributed by atoms with Crippen molar-refractivity contribution in [2.75, 3.05) is 65.8 Å². The molecule has 0 fully saturated rings. The fraction of sp³-hybridized carbons (Fsp3) is 0.636. The second-order valence-corrected chi connectivity index (χ2v) is 10.5. The van der Waals surface area contributed by atoms with Crippen LogP contribution in [0.3, 0.4) is 0 Å². The van der Waals surface area contributed by atoms with E-state index in [0.29, 0.717) is 64.5 Å². The minimum absolute atomic E-state index is 0.00302. The van der Waals surface area contributed by atoms with Crippen molar-refractivity contribution in [2.24, 2.45) is 4.99 Å². The van der Waals surface area contributed by atoms with Gasteiger partial charge in [0.1, 0.15) is 33.0 Å². The Morgan fingerprint density at radius 3 is 1.51 bits per heavy atom. The van der Waals surface area contributed by atoms with E-state index in [1.807, 2.05) is 0 Å². The van der Waals surface area contributed by atoms with Gasteiger partial charge in [0.05, 0.1) is 6.54 Å². The summed E-state index contributed by atoms with van der Waals surface area (Å²) < 4.78 is 24.4. The number of imide groups is 2. The molecule has 0 heterocycles. The number of rotatable bonds is 28. The summed E-state index contributed by atoms with van der Waals surface area (Å²) in [6.07, 6.45) is 9.90. The molecule has 0 spiro atoms. The minimum atomic E-state index is -0.923. The number of nitriles is 1. The molecule has 0 aliphatic rings. The van der Waals surface area contributed by atoms with E-state index in [1.165, 1.54) is 6.08 Å². The van der Waals surface area contributed by atoms with Gasteiger partial charge < -0.3 is 34.3 Å². The highest BCUT2D eigenvalue weighted by Gasteiger charge is 2.24. The van der Waals surface area contributed by atoms with Gasteiger partial charge in [-0.2, -0.15) is 5.26 Å². The highest BCUT2D eigenvalue weighted by Crippen LogP contribution is 2.07. The maximum atomic E-state index is 12.9.